The quantitative estimate of drug-likeness (QED) is 0.179. The van der Waals surface area contributed by atoms with Crippen LogP contribution in [0.2, 0.25) is 0 Å². The van der Waals surface area contributed by atoms with Gasteiger partial charge in [-0.25, -0.2) is 15.0 Å². The van der Waals surface area contributed by atoms with Gasteiger partial charge in [0.2, 0.25) is 0 Å². The maximum atomic E-state index is 6.36. The molecule has 3 aromatic heterocycles. The number of thiophene rings is 1. The lowest BCUT2D eigenvalue weighted by molar-refractivity contribution is 0.670. The summed E-state index contributed by atoms with van der Waals surface area (Å²) in [6.07, 6.45) is 0. The van der Waals surface area contributed by atoms with Gasteiger partial charge in [-0.05, 0) is 57.8 Å². The summed E-state index contributed by atoms with van der Waals surface area (Å²) in [6, 6.07) is 61.6. The zero-order chi connectivity index (χ0) is 35.6. The number of hydrogen-bond acceptors (Lipinski definition) is 5. The van der Waals surface area contributed by atoms with Gasteiger partial charge in [0.15, 0.2) is 17.5 Å². The highest BCUT2D eigenvalue weighted by molar-refractivity contribution is 7.26. The molecule has 4 nitrogen and oxygen atoms in total. The third-order valence-corrected chi connectivity index (χ3v) is 11.5. The summed E-state index contributed by atoms with van der Waals surface area (Å²) in [7, 11) is 0. The van der Waals surface area contributed by atoms with E-state index in [1.165, 1.54) is 36.7 Å². The van der Waals surface area contributed by atoms with E-state index in [1.807, 2.05) is 30.3 Å². The highest BCUT2D eigenvalue weighted by Crippen LogP contribution is 2.42. The smallest absolute Gasteiger partial charge is 0.164 e. The number of aromatic nitrogens is 3. The zero-order valence-electron chi connectivity index (χ0n) is 28.9. The van der Waals surface area contributed by atoms with Gasteiger partial charge in [0.1, 0.15) is 11.2 Å². The van der Waals surface area contributed by atoms with Crippen molar-refractivity contribution in [2.45, 2.75) is 0 Å². The largest absolute Gasteiger partial charge is 0.455 e. The molecule has 5 heteroatoms. The van der Waals surface area contributed by atoms with Crippen LogP contribution in [0.1, 0.15) is 0 Å². The van der Waals surface area contributed by atoms with Crippen molar-refractivity contribution in [2.24, 2.45) is 0 Å². The molecule has 252 valence electrons. The lowest BCUT2D eigenvalue weighted by Gasteiger charge is -2.10. The third-order valence-electron chi connectivity index (χ3n) is 10.3. The van der Waals surface area contributed by atoms with E-state index in [9.17, 15) is 0 Å². The topological polar surface area (TPSA) is 51.8 Å². The standard InChI is InChI=1S/C49H29N3OS/c1-2-11-32(12-3-1)47-50-48(33-23-21-31(22-24-33)37-15-8-16-39-38-14-6-7-18-42(38)53-46(37)39)52-49(51-47)40-17-9-19-44-45(40)41-29-36(26-27-43(41)54-44)35-25-20-30-10-4-5-13-34(30)28-35/h1-29H. The number of benzene rings is 8. The fourth-order valence-corrected chi connectivity index (χ4v) is 8.79. The lowest BCUT2D eigenvalue weighted by Crippen LogP contribution is -2.00. The predicted octanol–water partition coefficient (Wildman–Crippen LogP) is 13.6. The number of rotatable bonds is 5. The van der Waals surface area contributed by atoms with Crippen molar-refractivity contribution < 1.29 is 4.42 Å². The molecule has 0 radical (unpaired) electrons. The molecule has 0 saturated heterocycles. The molecular formula is C49H29N3OS. The molecule has 0 spiro atoms. The number of fused-ring (bicyclic) bond motifs is 7. The first-order valence-corrected chi connectivity index (χ1v) is 18.8. The van der Waals surface area contributed by atoms with Gasteiger partial charge < -0.3 is 4.42 Å². The highest BCUT2D eigenvalue weighted by Gasteiger charge is 2.18. The first-order valence-electron chi connectivity index (χ1n) is 18.0. The van der Waals surface area contributed by atoms with Gasteiger partial charge in [-0.1, -0.05) is 146 Å². The Kier molecular flexibility index (Phi) is 7.00. The van der Waals surface area contributed by atoms with E-state index in [4.69, 9.17) is 19.4 Å². The van der Waals surface area contributed by atoms with Crippen molar-refractivity contribution in [1.82, 2.24) is 15.0 Å². The summed E-state index contributed by atoms with van der Waals surface area (Å²) in [6.45, 7) is 0. The molecule has 11 rings (SSSR count). The minimum Gasteiger partial charge on any atom is -0.455 e. The Morgan fingerprint density at radius 2 is 1.00 bits per heavy atom. The summed E-state index contributed by atoms with van der Waals surface area (Å²) in [5, 5.41) is 7.06. The Balaban J connectivity index is 1.05. The maximum absolute atomic E-state index is 6.36. The van der Waals surface area contributed by atoms with Crippen LogP contribution in [0.15, 0.2) is 180 Å². The van der Waals surface area contributed by atoms with E-state index in [1.54, 1.807) is 11.3 Å². The number of hydrogen-bond donors (Lipinski definition) is 0. The number of para-hydroxylation sites is 2. The first-order chi connectivity index (χ1) is 26.7. The molecule has 0 atom stereocenters. The first kappa shape index (κ1) is 30.7. The van der Waals surface area contributed by atoms with Crippen LogP contribution in [0.3, 0.4) is 0 Å². The van der Waals surface area contributed by atoms with Crippen molar-refractivity contribution in [3.8, 4) is 56.4 Å². The second-order valence-corrected chi connectivity index (χ2v) is 14.7. The summed E-state index contributed by atoms with van der Waals surface area (Å²) >= 11 is 1.80. The summed E-state index contributed by atoms with van der Waals surface area (Å²) in [5.41, 5.74) is 9.12. The van der Waals surface area contributed by atoms with Crippen molar-refractivity contribution >= 4 is 64.2 Å². The monoisotopic (exact) mass is 707 g/mol. The molecule has 0 amide bonds. The van der Waals surface area contributed by atoms with E-state index < -0.39 is 0 Å². The normalized spacial score (nSPS) is 11.7. The SMILES string of the molecule is c1ccc(-c2nc(-c3ccc(-c4cccc5c4oc4ccccc45)cc3)nc(-c3cccc4sc5ccc(-c6ccc7ccccc7c6)cc5c34)n2)cc1. The molecular weight excluding hydrogens is 679 g/mol. The second kappa shape index (κ2) is 12.3. The van der Waals surface area contributed by atoms with Gasteiger partial charge in [-0.2, -0.15) is 0 Å². The second-order valence-electron chi connectivity index (χ2n) is 13.6. The molecule has 0 fully saturated rings. The average molecular weight is 708 g/mol. The molecule has 0 saturated carbocycles. The molecule has 8 aromatic carbocycles. The van der Waals surface area contributed by atoms with Crippen molar-refractivity contribution in [3.05, 3.63) is 176 Å². The Bertz CT molecular complexity index is 3220. The van der Waals surface area contributed by atoms with Crippen LogP contribution < -0.4 is 0 Å². The molecule has 0 aliphatic rings. The average Bonchev–Trinajstić information content (AvgIpc) is 3.82. The van der Waals surface area contributed by atoms with Crippen LogP contribution in [0.5, 0.6) is 0 Å². The molecule has 0 unspecified atom stereocenters. The van der Waals surface area contributed by atoms with Crippen LogP contribution in [-0.2, 0) is 0 Å². The van der Waals surface area contributed by atoms with Crippen LogP contribution >= 0.6 is 11.3 Å². The van der Waals surface area contributed by atoms with E-state index in [0.29, 0.717) is 17.5 Å². The fraction of sp³-hybridized carbons (Fsp3) is 0. The van der Waals surface area contributed by atoms with Crippen molar-refractivity contribution in [1.29, 1.82) is 0 Å². The maximum Gasteiger partial charge on any atom is 0.164 e. The van der Waals surface area contributed by atoms with Crippen LogP contribution in [0.4, 0.5) is 0 Å². The van der Waals surface area contributed by atoms with Gasteiger partial charge >= 0.3 is 0 Å². The Labute approximate surface area is 314 Å². The van der Waals surface area contributed by atoms with Crippen molar-refractivity contribution in [2.75, 3.05) is 0 Å². The van der Waals surface area contributed by atoms with E-state index in [-0.39, 0.29) is 0 Å². The lowest BCUT2D eigenvalue weighted by atomic mass is 9.98. The highest BCUT2D eigenvalue weighted by atomic mass is 32.1. The zero-order valence-corrected chi connectivity index (χ0v) is 29.7. The van der Waals surface area contributed by atoms with Crippen molar-refractivity contribution in [3.63, 3.8) is 0 Å². The number of furan rings is 1. The molecule has 3 heterocycles. The molecule has 0 N–H and O–H groups in total. The molecule has 0 aliphatic heterocycles. The minimum absolute atomic E-state index is 0.626. The third kappa shape index (κ3) is 5.09. The Hall–Kier alpha value is -6.95. The Morgan fingerprint density at radius 1 is 0.370 bits per heavy atom. The van der Waals surface area contributed by atoms with Gasteiger partial charge in [0.05, 0.1) is 0 Å². The minimum atomic E-state index is 0.626. The van der Waals surface area contributed by atoms with Gasteiger partial charge in [0, 0.05) is 53.2 Å². The fourth-order valence-electron chi connectivity index (χ4n) is 7.68. The van der Waals surface area contributed by atoms with Gasteiger partial charge in [-0.3, -0.25) is 0 Å². The molecule has 0 bridgehead atoms. The van der Waals surface area contributed by atoms with Gasteiger partial charge in [0.25, 0.3) is 0 Å². The van der Waals surface area contributed by atoms with Crippen LogP contribution in [0.25, 0.3) is 109 Å². The van der Waals surface area contributed by atoms with E-state index >= 15 is 0 Å². The Morgan fingerprint density at radius 3 is 1.87 bits per heavy atom. The van der Waals surface area contributed by atoms with Gasteiger partial charge in [-0.15, -0.1) is 11.3 Å². The molecule has 54 heavy (non-hydrogen) atoms. The summed E-state index contributed by atoms with van der Waals surface area (Å²) < 4.78 is 8.79. The summed E-state index contributed by atoms with van der Waals surface area (Å²) in [5.74, 6) is 1.91. The molecule has 0 aliphatic carbocycles. The molecule has 11 aromatic rings. The van der Waals surface area contributed by atoms with E-state index in [0.717, 1.165) is 55.1 Å². The van der Waals surface area contributed by atoms with E-state index in [2.05, 4.69) is 146 Å². The van der Waals surface area contributed by atoms with Crippen LogP contribution in [0, 0.1) is 0 Å². The predicted molar refractivity (Wildman–Crippen MR) is 225 cm³/mol. The summed E-state index contributed by atoms with van der Waals surface area (Å²) in [4.78, 5) is 15.4. The number of nitrogens with zero attached hydrogens (tertiary/aromatic N) is 3. The van der Waals surface area contributed by atoms with Crippen LogP contribution in [-0.4, -0.2) is 15.0 Å².